The monoisotopic (exact) mass is 631 g/mol. The number of hydrogen-bond acceptors (Lipinski definition) is 1. The average molecular weight is 632 g/mol. The van der Waals surface area contributed by atoms with Crippen molar-refractivity contribution in [2.24, 2.45) is 0 Å². The number of aromatic amines is 4. The van der Waals surface area contributed by atoms with Gasteiger partial charge in [-0.25, -0.2) is 0 Å². The Kier molecular flexibility index (Phi) is 6.87. The van der Waals surface area contributed by atoms with Crippen LogP contribution in [0.1, 0.15) is 45.0 Å². The molecule has 5 heteroatoms. The number of hydrogen-bond donors (Lipinski definition) is 5. The van der Waals surface area contributed by atoms with Crippen LogP contribution in [-0.4, -0.2) is 19.9 Å². The minimum absolute atomic E-state index is 0.673. The highest BCUT2D eigenvalue weighted by atomic mass is 14.8. The van der Waals surface area contributed by atoms with Gasteiger partial charge in [-0.2, -0.15) is 0 Å². The summed E-state index contributed by atoms with van der Waals surface area (Å²) in [4.78, 5) is 15.3. The van der Waals surface area contributed by atoms with Gasteiger partial charge in [-0.1, -0.05) is 121 Å². The summed E-state index contributed by atoms with van der Waals surface area (Å²) in [5.41, 5.74) is 20.0. The lowest BCUT2D eigenvalue weighted by Crippen LogP contribution is -2.19. The van der Waals surface area contributed by atoms with Gasteiger partial charge in [0.05, 0.1) is 17.1 Å². The molecular weight excluding hydrogens is 599 g/mol. The van der Waals surface area contributed by atoms with Crippen LogP contribution in [-0.2, 0) is 0 Å². The molecule has 0 saturated carbocycles. The summed E-state index contributed by atoms with van der Waals surface area (Å²) in [6.45, 7) is 0. The third kappa shape index (κ3) is 5.05. The van der Waals surface area contributed by atoms with Crippen LogP contribution in [0, 0.1) is 0 Å². The van der Waals surface area contributed by atoms with Crippen molar-refractivity contribution in [3.8, 4) is 0 Å². The summed E-state index contributed by atoms with van der Waals surface area (Å²) >= 11 is 0. The van der Waals surface area contributed by atoms with E-state index in [1.807, 2.05) is 12.1 Å². The number of nitrogen functional groups attached to an aromatic ring is 1. The first kappa shape index (κ1) is 28.5. The van der Waals surface area contributed by atoms with Crippen LogP contribution < -0.4 is 27.1 Å². The lowest BCUT2D eigenvalue weighted by Gasteiger charge is -2.10. The van der Waals surface area contributed by atoms with Crippen molar-refractivity contribution in [2.75, 3.05) is 5.73 Å². The number of anilines is 1. The van der Waals surface area contributed by atoms with Crippen molar-refractivity contribution in [3.05, 3.63) is 230 Å². The number of fused-ring (bicyclic) bond motifs is 8. The molecule has 5 heterocycles. The lowest BCUT2D eigenvalue weighted by molar-refractivity contribution is 1.19. The largest absolute Gasteiger partial charge is 0.397 e. The van der Waals surface area contributed by atoms with E-state index in [1.165, 1.54) is 0 Å². The quantitative estimate of drug-likeness (QED) is 0.165. The summed E-state index contributed by atoms with van der Waals surface area (Å²) in [7, 11) is 0. The van der Waals surface area contributed by atoms with Gasteiger partial charge < -0.3 is 25.7 Å². The highest BCUT2D eigenvalue weighted by Gasteiger charge is 2.20. The Morgan fingerprint density at radius 3 is 1.06 bits per heavy atom. The molecule has 0 unspecified atom stereocenters. The number of nitrogens with two attached hydrogens (primary N) is 1. The zero-order valence-corrected chi connectivity index (χ0v) is 26.7. The third-order valence-electron chi connectivity index (χ3n) is 9.29. The van der Waals surface area contributed by atoms with Crippen LogP contribution in [0.3, 0.4) is 0 Å². The maximum atomic E-state index is 6.96. The Morgan fingerprint density at radius 2 is 0.653 bits per heavy atom. The second-order valence-electron chi connectivity index (χ2n) is 12.3. The SMILES string of the molecule is Nc1cc2[nH]c1C(c1ccccc1)=c1ccc([nH]1)=C(c1ccccc1)c1ccc([nH]1)C(c1ccccc1)=c1ccc([nH]1)=C2c1ccccc1. The molecule has 0 saturated heterocycles. The molecule has 49 heavy (non-hydrogen) atoms. The van der Waals surface area contributed by atoms with Gasteiger partial charge in [0.1, 0.15) is 0 Å². The molecular formula is C44H33N5. The Hall–Kier alpha value is -6.72. The maximum absolute atomic E-state index is 6.96. The van der Waals surface area contributed by atoms with Crippen LogP contribution in [0.2, 0.25) is 0 Å². The molecule has 0 aliphatic carbocycles. The van der Waals surface area contributed by atoms with Gasteiger partial charge in [0.15, 0.2) is 0 Å². The van der Waals surface area contributed by atoms with Gasteiger partial charge in [-0.3, -0.25) is 0 Å². The smallest absolute Gasteiger partial charge is 0.0719 e. The molecule has 4 aromatic carbocycles. The molecule has 8 aromatic rings. The van der Waals surface area contributed by atoms with Crippen molar-refractivity contribution in [2.45, 2.75) is 0 Å². The van der Waals surface area contributed by atoms with Gasteiger partial charge in [-0.05, 0) is 64.7 Å². The highest BCUT2D eigenvalue weighted by molar-refractivity contribution is 5.88. The van der Waals surface area contributed by atoms with Gasteiger partial charge in [-0.15, -0.1) is 0 Å². The molecule has 0 fully saturated rings. The van der Waals surface area contributed by atoms with E-state index in [2.05, 4.69) is 172 Å². The van der Waals surface area contributed by atoms with Gasteiger partial charge in [0, 0.05) is 55.1 Å². The molecule has 0 atom stereocenters. The molecule has 234 valence electrons. The third-order valence-corrected chi connectivity index (χ3v) is 9.29. The van der Waals surface area contributed by atoms with Crippen LogP contribution >= 0.6 is 0 Å². The summed E-state index contributed by atoms with van der Waals surface area (Å²) in [5.74, 6) is 0. The Bertz CT molecular complexity index is 2690. The fourth-order valence-corrected chi connectivity index (χ4v) is 7.09. The molecule has 9 rings (SSSR count). The van der Waals surface area contributed by atoms with Crippen molar-refractivity contribution in [1.82, 2.24) is 19.9 Å². The Labute approximate surface area is 283 Å². The first-order chi connectivity index (χ1) is 24.2. The molecule has 1 aliphatic rings. The standard InChI is InChI=1S/C44H33N5/c45-32-27-39-42(30-17-9-3-10-18-30)37-24-23-35(47-37)40(28-13-5-1-6-14-28)33-21-22-34(46-33)41(29-15-7-2-8-16-29)36-25-26-38(48-36)43(44(32)49-39)31-19-11-4-12-20-31/h1-27,46-49H,45H2. The van der Waals surface area contributed by atoms with Gasteiger partial charge in [0.25, 0.3) is 0 Å². The number of benzene rings is 4. The van der Waals surface area contributed by atoms with Gasteiger partial charge >= 0.3 is 0 Å². The second-order valence-corrected chi connectivity index (χ2v) is 12.3. The van der Waals surface area contributed by atoms with Crippen molar-refractivity contribution >= 4 is 28.0 Å². The minimum Gasteiger partial charge on any atom is -0.397 e. The van der Waals surface area contributed by atoms with E-state index < -0.39 is 0 Å². The Morgan fingerprint density at radius 1 is 0.306 bits per heavy atom. The van der Waals surface area contributed by atoms with E-state index in [-0.39, 0.29) is 0 Å². The fraction of sp³-hybridized carbons (Fsp3) is 0. The van der Waals surface area contributed by atoms with Crippen molar-refractivity contribution in [1.29, 1.82) is 0 Å². The first-order valence-electron chi connectivity index (χ1n) is 16.5. The molecule has 6 N–H and O–H groups in total. The van der Waals surface area contributed by atoms with E-state index in [4.69, 9.17) is 5.73 Å². The molecule has 1 aliphatic heterocycles. The number of rotatable bonds is 4. The van der Waals surface area contributed by atoms with Crippen LogP contribution in [0.4, 0.5) is 5.69 Å². The zero-order chi connectivity index (χ0) is 32.7. The zero-order valence-electron chi connectivity index (χ0n) is 26.7. The molecule has 4 aromatic heterocycles. The molecule has 0 radical (unpaired) electrons. The van der Waals surface area contributed by atoms with E-state index >= 15 is 0 Å². The molecule has 8 bridgehead atoms. The van der Waals surface area contributed by atoms with Crippen LogP contribution in [0.15, 0.2) is 164 Å². The number of nitrogens with one attached hydrogen (secondary N) is 4. The summed E-state index contributed by atoms with van der Waals surface area (Å²) in [5, 5.41) is 3.96. The van der Waals surface area contributed by atoms with Gasteiger partial charge in [0.2, 0.25) is 0 Å². The summed E-state index contributed by atoms with van der Waals surface area (Å²) in [6.07, 6.45) is 0. The predicted octanol–water partition coefficient (Wildman–Crippen LogP) is 5.88. The topological polar surface area (TPSA) is 89.2 Å². The Balaban J connectivity index is 1.46. The van der Waals surface area contributed by atoms with E-state index in [9.17, 15) is 0 Å². The molecule has 0 amide bonds. The number of H-pyrrole nitrogens is 4. The highest BCUT2D eigenvalue weighted by Crippen LogP contribution is 2.31. The van der Waals surface area contributed by atoms with Crippen molar-refractivity contribution < 1.29 is 0 Å². The minimum atomic E-state index is 0.673. The van der Waals surface area contributed by atoms with Crippen molar-refractivity contribution in [3.63, 3.8) is 0 Å². The maximum Gasteiger partial charge on any atom is 0.0719 e. The summed E-state index contributed by atoms with van der Waals surface area (Å²) in [6, 6.07) is 57.1. The molecule has 0 spiro atoms. The summed E-state index contributed by atoms with van der Waals surface area (Å²) < 4.78 is 0. The molecule has 5 nitrogen and oxygen atoms in total. The normalized spacial score (nSPS) is 12.8. The lowest BCUT2D eigenvalue weighted by atomic mass is 10.0. The van der Waals surface area contributed by atoms with E-state index in [1.54, 1.807) is 0 Å². The number of aromatic nitrogens is 4. The van der Waals surface area contributed by atoms with Crippen LogP contribution in [0.5, 0.6) is 0 Å². The second kappa shape index (κ2) is 11.8. The fourth-order valence-electron chi connectivity index (χ4n) is 7.09. The van der Waals surface area contributed by atoms with Crippen LogP contribution in [0.25, 0.3) is 22.3 Å². The average Bonchev–Trinajstić information content (AvgIpc) is 3.98. The van der Waals surface area contributed by atoms with E-state index in [0.717, 1.165) is 88.7 Å². The predicted molar refractivity (Wildman–Crippen MR) is 198 cm³/mol. The first-order valence-corrected chi connectivity index (χ1v) is 16.5. The van der Waals surface area contributed by atoms with E-state index in [0.29, 0.717) is 5.69 Å².